The van der Waals surface area contributed by atoms with Crippen molar-refractivity contribution in [2.24, 2.45) is 0 Å². The summed E-state index contributed by atoms with van der Waals surface area (Å²) in [5, 5.41) is 0.374. The molecule has 3 nitrogen and oxygen atoms in total. The first kappa shape index (κ1) is 12.6. The van der Waals surface area contributed by atoms with Crippen LogP contribution in [-0.2, 0) is 0 Å². The van der Waals surface area contributed by atoms with Crippen molar-refractivity contribution in [2.75, 3.05) is 6.61 Å². The van der Waals surface area contributed by atoms with Gasteiger partial charge in [-0.25, -0.2) is 4.98 Å². The van der Waals surface area contributed by atoms with Gasteiger partial charge < -0.3 is 4.74 Å². The molecule has 0 bridgehead atoms. The molecule has 1 heterocycles. The number of hydrogen-bond donors (Lipinski definition) is 0. The van der Waals surface area contributed by atoms with Crippen LogP contribution in [0.5, 0.6) is 5.88 Å². The van der Waals surface area contributed by atoms with E-state index in [-0.39, 0.29) is 0 Å². The predicted octanol–water partition coefficient (Wildman–Crippen LogP) is 3.75. The van der Waals surface area contributed by atoms with Crippen LogP contribution >= 0.6 is 11.6 Å². The van der Waals surface area contributed by atoms with Crippen LogP contribution in [0.4, 0.5) is 0 Å². The largest absolute Gasteiger partial charge is 0.473 e. The number of rotatable bonds is 4. The molecule has 92 valence electrons. The lowest BCUT2D eigenvalue weighted by Gasteiger charge is -2.05. The molecule has 0 spiro atoms. The Morgan fingerprint density at radius 2 is 2.00 bits per heavy atom. The maximum absolute atomic E-state index is 5.96. The van der Waals surface area contributed by atoms with Gasteiger partial charge in [0.2, 0.25) is 5.88 Å². The molecule has 0 N–H and O–H groups in total. The zero-order valence-corrected chi connectivity index (χ0v) is 10.8. The van der Waals surface area contributed by atoms with Gasteiger partial charge in [0.15, 0.2) is 5.82 Å². The standard InChI is InChI=1S/C14H13ClN2O/c1-2-3-9-18-13-10-12(15)16-14(17-13)11-7-5-4-6-8-11/h2-8,10H,9H2,1H3/b3-2+. The molecule has 0 saturated carbocycles. The summed E-state index contributed by atoms with van der Waals surface area (Å²) in [7, 11) is 0. The lowest BCUT2D eigenvalue weighted by Crippen LogP contribution is -1.98. The van der Waals surface area contributed by atoms with Crippen molar-refractivity contribution in [3.63, 3.8) is 0 Å². The van der Waals surface area contributed by atoms with Crippen molar-refractivity contribution in [1.82, 2.24) is 9.97 Å². The molecule has 2 aromatic rings. The van der Waals surface area contributed by atoms with Crippen LogP contribution in [0, 0.1) is 0 Å². The average molecular weight is 261 g/mol. The number of nitrogens with zero attached hydrogens (tertiary/aromatic N) is 2. The average Bonchev–Trinajstić information content (AvgIpc) is 2.39. The molecule has 0 aliphatic rings. The smallest absolute Gasteiger partial charge is 0.218 e. The maximum atomic E-state index is 5.96. The molecule has 0 radical (unpaired) electrons. The van der Waals surface area contributed by atoms with Crippen molar-refractivity contribution in [3.05, 3.63) is 53.7 Å². The lowest BCUT2D eigenvalue weighted by molar-refractivity contribution is 0.348. The third kappa shape index (κ3) is 3.31. The van der Waals surface area contributed by atoms with Gasteiger partial charge in [-0.1, -0.05) is 54.1 Å². The van der Waals surface area contributed by atoms with Gasteiger partial charge >= 0.3 is 0 Å². The van der Waals surface area contributed by atoms with Gasteiger partial charge in [0.1, 0.15) is 11.8 Å². The molecule has 0 unspecified atom stereocenters. The summed E-state index contributed by atoms with van der Waals surface area (Å²) < 4.78 is 5.47. The third-order valence-corrected chi connectivity index (χ3v) is 2.46. The number of aromatic nitrogens is 2. The summed E-state index contributed by atoms with van der Waals surface area (Å²) in [5.74, 6) is 1.05. The lowest BCUT2D eigenvalue weighted by atomic mass is 10.2. The van der Waals surface area contributed by atoms with Gasteiger partial charge in [0, 0.05) is 11.6 Å². The van der Waals surface area contributed by atoms with Crippen LogP contribution in [0.3, 0.4) is 0 Å². The number of halogens is 1. The van der Waals surface area contributed by atoms with Crippen LogP contribution in [0.15, 0.2) is 48.6 Å². The van der Waals surface area contributed by atoms with Gasteiger partial charge in [0.05, 0.1) is 0 Å². The van der Waals surface area contributed by atoms with E-state index in [9.17, 15) is 0 Å². The summed E-state index contributed by atoms with van der Waals surface area (Å²) in [6, 6.07) is 11.3. The summed E-state index contributed by atoms with van der Waals surface area (Å²) in [5.41, 5.74) is 0.913. The van der Waals surface area contributed by atoms with E-state index in [0.29, 0.717) is 23.5 Å². The molecule has 2 rings (SSSR count). The molecule has 18 heavy (non-hydrogen) atoms. The van der Waals surface area contributed by atoms with E-state index in [0.717, 1.165) is 5.56 Å². The summed E-state index contributed by atoms with van der Waals surface area (Å²) in [6.45, 7) is 2.41. The van der Waals surface area contributed by atoms with Crippen molar-refractivity contribution < 1.29 is 4.74 Å². The maximum Gasteiger partial charge on any atom is 0.218 e. The molecule has 1 aromatic carbocycles. The second-order valence-corrected chi connectivity index (χ2v) is 3.99. The van der Waals surface area contributed by atoms with E-state index in [2.05, 4.69) is 9.97 Å². The Balaban J connectivity index is 2.27. The molecule has 0 atom stereocenters. The normalized spacial score (nSPS) is 10.8. The van der Waals surface area contributed by atoms with Gasteiger partial charge in [0.25, 0.3) is 0 Å². The Labute approximate surface area is 111 Å². The van der Waals surface area contributed by atoms with E-state index < -0.39 is 0 Å². The van der Waals surface area contributed by atoms with Crippen LogP contribution in [0.2, 0.25) is 5.15 Å². The molecule has 4 heteroatoms. The Hall–Kier alpha value is -1.87. The Kier molecular flexibility index (Phi) is 4.31. The Morgan fingerprint density at radius 1 is 1.22 bits per heavy atom. The van der Waals surface area contributed by atoms with Crippen molar-refractivity contribution in [2.45, 2.75) is 6.92 Å². The summed E-state index contributed by atoms with van der Waals surface area (Å²) in [4.78, 5) is 8.51. The number of ether oxygens (including phenoxy) is 1. The second-order valence-electron chi connectivity index (χ2n) is 3.60. The number of hydrogen-bond acceptors (Lipinski definition) is 3. The Bertz CT molecular complexity index is 541. The van der Waals surface area contributed by atoms with Crippen molar-refractivity contribution in [1.29, 1.82) is 0 Å². The highest BCUT2D eigenvalue weighted by molar-refractivity contribution is 6.29. The minimum absolute atomic E-state index is 0.374. The van der Waals surface area contributed by atoms with E-state index in [1.54, 1.807) is 6.07 Å². The highest BCUT2D eigenvalue weighted by Crippen LogP contribution is 2.21. The minimum atomic E-state index is 0.374. The fourth-order valence-corrected chi connectivity index (χ4v) is 1.59. The van der Waals surface area contributed by atoms with E-state index in [4.69, 9.17) is 16.3 Å². The van der Waals surface area contributed by atoms with E-state index in [1.165, 1.54) is 0 Å². The highest BCUT2D eigenvalue weighted by Gasteiger charge is 2.05. The molecule has 0 aliphatic heterocycles. The SMILES string of the molecule is C/C=C/COc1cc(Cl)nc(-c2ccccc2)n1. The number of allylic oxidation sites excluding steroid dienone is 1. The predicted molar refractivity (Wildman–Crippen MR) is 72.8 cm³/mol. The fourth-order valence-electron chi connectivity index (χ4n) is 1.42. The zero-order valence-electron chi connectivity index (χ0n) is 10.0. The quantitative estimate of drug-likeness (QED) is 0.620. The molecule has 1 aromatic heterocycles. The van der Waals surface area contributed by atoms with Gasteiger partial charge in [-0.05, 0) is 6.92 Å². The monoisotopic (exact) mass is 260 g/mol. The first-order valence-corrected chi connectivity index (χ1v) is 6.01. The highest BCUT2D eigenvalue weighted by atomic mass is 35.5. The second kappa shape index (κ2) is 6.17. The first-order chi connectivity index (χ1) is 8.79. The van der Waals surface area contributed by atoms with Gasteiger partial charge in [-0.15, -0.1) is 0 Å². The van der Waals surface area contributed by atoms with Crippen LogP contribution in [0.25, 0.3) is 11.4 Å². The first-order valence-electron chi connectivity index (χ1n) is 5.63. The molecule has 0 saturated heterocycles. The van der Waals surface area contributed by atoms with Crippen LogP contribution in [0.1, 0.15) is 6.92 Å². The van der Waals surface area contributed by atoms with Crippen LogP contribution in [-0.4, -0.2) is 16.6 Å². The van der Waals surface area contributed by atoms with E-state index in [1.807, 2.05) is 49.4 Å². The number of benzene rings is 1. The molecule has 0 amide bonds. The van der Waals surface area contributed by atoms with Crippen molar-refractivity contribution >= 4 is 11.6 Å². The topological polar surface area (TPSA) is 35.0 Å². The molecule has 0 fully saturated rings. The zero-order chi connectivity index (χ0) is 12.8. The molecular formula is C14H13ClN2O. The van der Waals surface area contributed by atoms with E-state index >= 15 is 0 Å². The Morgan fingerprint density at radius 3 is 2.72 bits per heavy atom. The van der Waals surface area contributed by atoms with Crippen LogP contribution < -0.4 is 4.74 Å². The van der Waals surface area contributed by atoms with Gasteiger partial charge in [-0.3, -0.25) is 0 Å². The summed E-state index contributed by atoms with van der Waals surface area (Å²) in [6.07, 6.45) is 3.82. The van der Waals surface area contributed by atoms with Crippen molar-refractivity contribution in [3.8, 4) is 17.3 Å². The minimum Gasteiger partial charge on any atom is -0.473 e. The fraction of sp³-hybridized carbons (Fsp3) is 0.143. The summed E-state index contributed by atoms with van der Waals surface area (Å²) >= 11 is 5.96. The van der Waals surface area contributed by atoms with Gasteiger partial charge in [-0.2, -0.15) is 4.98 Å². The third-order valence-electron chi connectivity index (χ3n) is 2.27. The molecule has 0 aliphatic carbocycles. The molecular weight excluding hydrogens is 248 g/mol.